The molecular formula is C24H24FN7O2. The van der Waals surface area contributed by atoms with Gasteiger partial charge in [-0.3, -0.25) is 9.78 Å². The van der Waals surface area contributed by atoms with Crippen molar-refractivity contribution in [2.75, 3.05) is 17.2 Å². The van der Waals surface area contributed by atoms with Gasteiger partial charge in [0, 0.05) is 24.4 Å². The predicted molar refractivity (Wildman–Crippen MR) is 126 cm³/mol. The zero-order valence-corrected chi connectivity index (χ0v) is 18.8. The van der Waals surface area contributed by atoms with Crippen molar-refractivity contribution in [2.45, 2.75) is 38.2 Å². The molecule has 4 aromatic heterocycles. The van der Waals surface area contributed by atoms with Crippen molar-refractivity contribution in [3.63, 3.8) is 0 Å². The van der Waals surface area contributed by atoms with Crippen molar-refractivity contribution in [2.24, 2.45) is 0 Å². The van der Waals surface area contributed by atoms with E-state index in [9.17, 15) is 14.3 Å². The number of H-pyrrole nitrogens is 1. The second-order valence-electron chi connectivity index (χ2n) is 9.05. The maximum Gasteiger partial charge on any atom is 0.226 e. The Kier molecular flexibility index (Phi) is 5.45. The molecule has 9 nitrogen and oxygen atoms in total. The van der Waals surface area contributed by atoms with Crippen LogP contribution in [-0.4, -0.2) is 48.0 Å². The van der Waals surface area contributed by atoms with Crippen molar-refractivity contribution < 1.29 is 14.3 Å². The minimum absolute atomic E-state index is 0.175. The molecule has 0 spiro atoms. The third kappa shape index (κ3) is 4.58. The van der Waals surface area contributed by atoms with Gasteiger partial charge in [0.2, 0.25) is 5.95 Å². The lowest BCUT2D eigenvalue weighted by Gasteiger charge is -2.18. The molecule has 10 heteroatoms. The van der Waals surface area contributed by atoms with Crippen molar-refractivity contribution in [3.05, 3.63) is 65.8 Å². The average molecular weight is 462 g/mol. The number of carbonyl (C=O) groups excluding carboxylic acids is 1. The molecule has 0 amide bonds. The van der Waals surface area contributed by atoms with Crippen LogP contribution in [0.1, 0.15) is 54.2 Å². The van der Waals surface area contributed by atoms with E-state index in [2.05, 4.69) is 35.6 Å². The summed E-state index contributed by atoms with van der Waals surface area (Å²) < 4.78 is 14.9. The van der Waals surface area contributed by atoms with Crippen molar-refractivity contribution >= 4 is 34.1 Å². The first-order valence-corrected chi connectivity index (χ1v) is 11.0. The quantitative estimate of drug-likeness (QED) is 0.230. The minimum Gasteiger partial charge on any atom is -0.389 e. The number of fused-ring (bicyclic) bond motifs is 1. The molecule has 1 aliphatic rings. The Labute approximate surface area is 194 Å². The lowest BCUT2D eigenvalue weighted by atomic mass is 10.0. The summed E-state index contributed by atoms with van der Waals surface area (Å²) in [5, 5.41) is 16.5. The highest BCUT2D eigenvalue weighted by Gasteiger charge is 2.25. The molecule has 0 aliphatic heterocycles. The second kappa shape index (κ2) is 8.45. The fraction of sp³-hybridized carbons (Fsp3) is 0.292. The maximum atomic E-state index is 14.9. The molecule has 0 aromatic carbocycles. The summed E-state index contributed by atoms with van der Waals surface area (Å²) in [5.41, 5.74) is 1.20. The fourth-order valence-corrected chi connectivity index (χ4v) is 3.64. The normalized spacial score (nSPS) is 13.8. The van der Waals surface area contributed by atoms with E-state index in [4.69, 9.17) is 0 Å². The number of nitrogens with one attached hydrogen (secondary N) is 3. The van der Waals surface area contributed by atoms with Gasteiger partial charge in [0.1, 0.15) is 23.6 Å². The molecular weight excluding hydrogens is 437 g/mol. The van der Waals surface area contributed by atoms with Crippen molar-refractivity contribution in [3.8, 4) is 0 Å². The predicted octanol–water partition coefficient (Wildman–Crippen LogP) is 3.92. The Hall–Kier alpha value is -3.92. The summed E-state index contributed by atoms with van der Waals surface area (Å²) >= 11 is 0. The lowest BCUT2D eigenvalue weighted by Crippen LogP contribution is -2.29. The monoisotopic (exact) mass is 461 g/mol. The highest BCUT2D eigenvalue weighted by Crippen LogP contribution is 2.39. The van der Waals surface area contributed by atoms with E-state index in [0.29, 0.717) is 28.5 Å². The Balaban J connectivity index is 1.39. The van der Waals surface area contributed by atoms with Crippen LogP contribution in [0.2, 0.25) is 0 Å². The van der Waals surface area contributed by atoms with E-state index in [-0.39, 0.29) is 23.5 Å². The number of nitrogens with zero attached hydrogens (tertiary/aromatic N) is 4. The van der Waals surface area contributed by atoms with E-state index < -0.39 is 17.3 Å². The average Bonchev–Trinajstić information content (AvgIpc) is 3.56. The van der Waals surface area contributed by atoms with Gasteiger partial charge in [-0.15, -0.1) is 0 Å². The second-order valence-corrected chi connectivity index (χ2v) is 9.05. The van der Waals surface area contributed by atoms with Crippen LogP contribution in [0.4, 0.5) is 21.7 Å². The molecule has 0 atom stereocenters. The summed E-state index contributed by atoms with van der Waals surface area (Å²) in [6.45, 7) is 3.50. The van der Waals surface area contributed by atoms with Gasteiger partial charge in [0.25, 0.3) is 0 Å². The SMILES string of the molecule is CC(C)(O)CNc1ncnc2[nH]cc(C(=O)c3ccc(Nc4ccc(C5CC5)nc4)nc3F)c12. The van der Waals surface area contributed by atoms with Crippen LogP contribution in [0, 0.1) is 5.95 Å². The van der Waals surface area contributed by atoms with Gasteiger partial charge in [-0.05, 0) is 51.0 Å². The Morgan fingerprint density at radius 2 is 2.00 bits per heavy atom. The van der Waals surface area contributed by atoms with Crippen LogP contribution in [0.15, 0.2) is 43.0 Å². The number of ketones is 1. The third-order valence-corrected chi connectivity index (χ3v) is 5.55. The molecule has 1 saturated carbocycles. The number of rotatable bonds is 8. The zero-order valence-electron chi connectivity index (χ0n) is 18.8. The van der Waals surface area contributed by atoms with Crippen LogP contribution in [0.5, 0.6) is 0 Å². The maximum absolute atomic E-state index is 14.9. The number of aromatic nitrogens is 5. The molecule has 1 fully saturated rings. The molecule has 4 N–H and O–H groups in total. The first-order chi connectivity index (χ1) is 16.3. The number of hydrogen-bond acceptors (Lipinski definition) is 8. The van der Waals surface area contributed by atoms with Crippen LogP contribution in [-0.2, 0) is 0 Å². The van der Waals surface area contributed by atoms with E-state index in [1.165, 1.54) is 31.4 Å². The Morgan fingerprint density at radius 1 is 1.18 bits per heavy atom. The molecule has 34 heavy (non-hydrogen) atoms. The summed E-state index contributed by atoms with van der Waals surface area (Å²) in [7, 11) is 0. The largest absolute Gasteiger partial charge is 0.389 e. The summed E-state index contributed by atoms with van der Waals surface area (Å²) in [6, 6.07) is 6.78. The first kappa shape index (κ1) is 21.9. The number of aromatic amines is 1. The van der Waals surface area contributed by atoms with Crippen molar-refractivity contribution in [1.29, 1.82) is 0 Å². The summed E-state index contributed by atoms with van der Waals surface area (Å²) in [4.78, 5) is 32.8. The fourth-order valence-electron chi connectivity index (χ4n) is 3.64. The molecule has 174 valence electrons. The zero-order chi connectivity index (χ0) is 23.9. The van der Waals surface area contributed by atoms with Gasteiger partial charge in [0.15, 0.2) is 5.78 Å². The number of anilines is 3. The van der Waals surface area contributed by atoms with Crippen molar-refractivity contribution in [1.82, 2.24) is 24.9 Å². The van der Waals surface area contributed by atoms with Crippen LogP contribution in [0.3, 0.4) is 0 Å². The molecule has 0 saturated heterocycles. The number of aliphatic hydroxyl groups is 1. The minimum atomic E-state index is -0.996. The third-order valence-electron chi connectivity index (χ3n) is 5.55. The Morgan fingerprint density at radius 3 is 2.68 bits per heavy atom. The van der Waals surface area contributed by atoms with E-state index >= 15 is 0 Å². The van der Waals surface area contributed by atoms with Crippen LogP contribution in [0.25, 0.3) is 11.0 Å². The molecule has 0 radical (unpaired) electrons. The molecule has 1 aliphatic carbocycles. The molecule has 5 rings (SSSR count). The molecule has 0 bridgehead atoms. The van der Waals surface area contributed by atoms with Gasteiger partial charge >= 0.3 is 0 Å². The number of carbonyl (C=O) groups is 1. The number of pyridine rings is 2. The molecule has 0 unspecified atom stereocenters. The van der Waals surface area contributed by atoms with Crippen LogP contribution >= 0.6 is 0 Å². The van der Waals surface area contributed by atoms with Gasteiger partial charge in [-0.2, -0.15) is 4.39 Å². The molecule has 4 aromatic rings. The topological polar surface area (TPSA) is 129 Å². The highest BCUT2D eigenvalue weighted by molar-refractivity contribution is 6.18. The van der Waals surface area contributed by atoms with E-state index in [1.54, 1.807) is 26.1 Å². The smallest absolute Gasteiger partial charge is 0.226 e. The number of hydrogen-bond donors (Lipinski definition) is 4. The van der Waals surface area contributed by atoms with Gasteiger partial charge in [-0.25, -0.2) is 15.0 Å². The van der Waals surface area contributed by atoms with Gasteiger partial charge < -0.3 is 20.7 Å². The summed E-state index contributed by atoms with van der Waals surface area (Å²) in [6.07, 6.45) is 6.84. The standard InChI is InChI=1S/C24H24FN7O2/c1-24(2,34)11-28-23-19-16(10-27-22(19)29-12-30-23)20(33)15-6-8-18(32-21(15)25)31-14-5-7-17(26-9-14)13-3-4-13/h5-10,12-13,34H,3-4,11H2,1-2H3,(H,31,32)(H2,27,28,29,30). The van der Waals surface area contributed by atoms with Crippen LogP contribution < -0.4 is 10.6 Å². The molecule has 4 heterocycles. The lowest BCUT2D eigenvalue weighted by molar-refractivity contribution is 0.0944. The van der Waals surface area contributed by atoms with E-state index in [0.717, 1.165) is 5.69 Å². The number of halogens is 1. The van der Waals surface area contributed by atoms with Gasteiger partial charge in [0.05, 0.1) is 34.0 Å². The summed E-state index contributed by atoms with van der Waals surface area (Å²) in [5.74, 6) is -0.264. The highest BCUT2D eigenvalue weighted by atomic mass is 19.1. The van der Waals surface area contributed by atoms with Gasteiger partial charge in [-0.1, -0.05) is 0 Å². The first-order valence-electron chi connectivity index (χ1n) is 11.0. The van der Waals surface area contributed by atoms with E-state index in [1.807, 2.05) is 12.1 Å². The Bertz CT molecular complexity index is 1360.